The molecule has 0 radical (unpaired) electrons. The van der Waals surface area contributed by atoms with Crippen LogP contribution in [0.4, 0.5) is 0 Å². The second-order valence-electron chi connectivity index (χ2n) is 6.77. The molecule has 1 N–H and O–H groups in total. The Morgan fingerprint density at radius 3 is 2.00 bits per heavy atom. The van der Waals surface area contributed by atoms with Crippen molar-refractivity contribution in [1.29, 1.82) is 0 Å². The van der Waals surface area contributed by atoms with E-state index in [4.69, 9.17) is 4.74 Å². The van der Waals surface area contributed by atoms with Crippen molar-refractivity contribution >= 4 is 17.0 Å². The quantitative estimate of drug-likeness (QED) is 0.404. The third-order valence-corrected chi connectivity index (χ3v) is 4.97. The van der Waals surface area contributed by atoms with Crippen LogP contribution in [0.3, 0.4) is 0 Å². The van der Waals surface area contributed by atoms with Crippen LogP contribution in [-0.4, -0.2) is 25.8 Å². The summed E-state index contributed by atoms with van der Waals surface area (Å²) in [4.78, 5) is 0. The molecule has 0 aromatic rings. The minimum Gasteiger partial charge on any atom is -0.379 e. The number of hydrogen-bond donors (Lipinski definition) is 1. The molecule has 1 aliphatic rings. The summed E-state index contributed by atoms with van der Waals surface area (Å²) >= 11 is 0. The van der Waals surface area contributed by atoms with Gasteiger partial charge in [0.1, 0.15) is 0 Å². The maximum atomic E-state index is 5.60. The maximum absolute atomic E-state index is 5.60. The van der Waals surface area contributed by atoms with Gasteiger partial charge < -0.3 is 10.1 Å². The van der Waals surface area contributed by atoms with Crippen LogP contribution >= 0.6 is 17.0 Å². The van der Waals surface area contributed by atoms with Crippen LogP contribution in [-0.2, 0) is 4.74 Å². The third kappa shape index (κ3) is 11.0. The van der Waals surface area contributed by atoms with E-state index in [2.05, 4.69) is 19.2 Å². The van der Waals surface area contributed by atoms with Crippen LogP contribution in [0.5, 0.6) is 0 Å². The first kappa shape index (κ1) is 22.4. The Morgan fingerprint density at radius 2 is 1.50 bits per heavy atom. The lowest BCUT2D eigenvalue weighted by atomic mass is 9.90. The monoisotopic (exact) mass is 377 g/mol. The Balaban J connectivity index is 0.00000441. The van der Waals surface area contributed by atoms with Crippen LogP contribution in [0.25, 0.3) is 0 Å². The summed E-state index contributed by atoms with van der Waals surface area (Å²) in [7, 11) is 0. The fourth-order valence-corrected chi connectivity index (χ4v) is 3.47. The fraction of sp³-hybridized carbons (Fsp3) is 1.00. The molecule has 0 aliphatic carbocycles. The molecule has 0 aromatic heterocycles. The topological polar surface area (TPSA) is 21.3 Å². The van der Waals surface area contributed by atoms with E-state index in [1.54, 1.807) is 0 Å². The highest BCUT2D eigenvalue weighted by atomic mass is 79.9. The van der Waals surface area contributed by atoms with Crippen molar-refractivity contribution in [3.8, 4) is 0 Å². The van der Waals surface area contributed by atoms with Gasteiger partial charge in [0.25, 0.3) is 0 Å². The maximum Gasteiger partial charge on any atom is 0.0622 e. The normalized spacial score (nSPS) is 19.6. The molecule has 22 heavy (non-hydrogen) atoms. The molecular formula is C19H40BrNO. The predicted octanol–water partition coefficient (Wildman–Crippen LogP) is 5.89. The highest BCUT2D eigenvalue weighted by Gasteiger charge is 2.21. The van der Waals surface area contributed by atoms with Crippen molar-refractivity contribution in [3.63, 3.8) is 0 Å². The van der Waals surface area contributed by atoms with Gasteiger partial charge in [0.2, 0.25) is 0 Å². The minimum atomic E-state index is 0. The lowest BCUT2D eigenvalue weighted by Gasteiger charge is -2.30. The van der Waals surface area contributed by atoms with Gasteiger partial charge in [-0.1, -0.05) is 84.5 Å². The molecule has 0 aromatic carbocycles. The van der Waals surface area contributed by atoms with E-state index >= 15 is 0 Å². The minimum absolute atomic E-state index is 0. The largest absolute Gasteiger partial charge is 0.379 e. The van der Waals surface area contributed by atoms with Crippen molar-refractivity contribution in [3.05, 3.63) is 0 Å². The molecule has 1 fully saturated rings. The van der Waals surface area contributed by atoms with Crippen molar-refractivity contribution in [1.82, 2.24) is 5.32 Å². The van der Waals surface area contributed by atoms with E-state index in [-0.39, 0.29) is 17.0 Å². The summed E-state index contributed by atoms with van der Waals surface area (Å²) in [6, 6.07) is 0.613. The molecule has 0 saturated carbocycles. The highest BCUT2D eigenvalue weighted by Crippen LogP contribution is 2.20. The van der Waals surface area contributed by atoms with E-state index in [9.17, 15) is 0 Å². The van der Waals surface area contributed by atoms with Crippen molar-refractivity contribution in [2.24, 2.45) is 5.92 Å². The standard InChI is InChI=1S/C19H39NO.BrH/c1-3-5-6-7-8-9-10-11-12-13-14-18(4-2)19-17-21-16-15-20-19;/h18-20H,3-17H2,1-2H3;1H. The zero-order chi connectivity index (χ0) is 15.2. The summed E-state index contributed by atoms with van der Waals surface area (Å²) in [5, 5.41) is 3.63. The molecule has 3 heteroatoms. The Bertz CT molecular complexity index is 219. The van der Waals surface area contributed by atoms with Gasteiger partial charge in [0.05, 0.1) is 13.2 Å². The number of halogens is 1. The van der Waals surface area contributed by atoms with Crippen LogP contribution in [0.2, 0.25) is 0 Å². The van der Waals surface area contributed by atoms with Crippen molar-refractivity contribution < 1.29 is 4.74 Å². The number of nitrogens with one attached hydrogen (secondary N) is 1. The van der Waals surface area contributed by atoms with Crippen LogP contribution in [0.1, 0.15) is 90.9 Å². The Morgan fingerprint density at radius 1 is 0.909 bits per heavy atom. The first-order chi connectivity index (χ1) is 10.4. The Labute approximate surface area is 149 Å². The van der Waals surface area contributed by atoms with Crippen LogP contribution < -0.4 is 5.32 Å². The molecule has 1 heterocycles. The van der Waals surface area contributed by atoms with E-state index in [0.29, 0.717) is 6.04 Å². The number of hydrogen-bond acceptors (Lipinski definition) is 2. The van der Waals surface area contributed by atoms with Gasteiger partial charge in [0.15, 0.2) is 0 Å². The summed E-state index contributed by atoms with van der Waals surface area (Å²) < 4.78 is 5.60. The van der Waals surface area contributed by atoms with Gasteiger partial charge in [0, 0.05) is 12.6 Å². The molecule has 2 atom stereocenters. The smallest absolute Gasteiger partial charge is 0.0622 e. The second kappa shape index (κ2) is 16.3. The fourth-order valence-electron chi connectivity index (χ4n) is 3.47. The second-order valence-corrected chi connectivity index (χ2v) is 6.77. The highest BCUT2D eigenvalue weighted by molar-refractivity contribution is 8.93. The first-order valence-electron chi connectivity index (χ1n) is 9.69. The van der Waals surface area contributed by atoms with Gasteiger partial charge in [-0.15, -0.1) is 17.0 Å². The van der Waals surface area contributed by atoms with Crippen LogP contribution in [0, 0.1) is 5.92 Å². The van der Waals surface area contributed by atoms with Crippen LogP contribution in [0.15, 0.2) is 0 Å². The number of unbranched alkanes of at least 4 members (excludes halogenated alkanes) is 9. The molecule has 1 aliphatic heterocycles. The molecule has 1 saturated heterocycles. The average molecular weight is 378 g/mol. The SMILES string of the molecule is Br.CCCCCCCCCCCCC(CC)C1COCCN1. The average Bonchev–Trinajstić information content (AvgIpc) is 2.54. The third-order valence-electron chi connectivity index (χ3n) is 4.97. The number of rotatable bonds is 13. The molecular weight excluding hydrogens is 338 g/mol. The molecule has 134 valence electrons. The van der Waals surface area contributed by atoms with Gasteiger partial charge in [-0.3, -0.25) is 0 Å². The molecule has 2 unspecified atom stereocenters. The lowest BCUT2D eigenvalue weighted by Crippen LogP contribution is -2.45. The zero-order valence-electron chi connectivity index (χ0n) is 15.1. The molecule has 0 amide bonds. The van der Waals surface area contributed by atoms with Crippen molar-refractivity contribution in [2.75, 3.05) is 19.8 Å². The van der Waals surface area contributed by atoms with Crippen molar-refractivity contribution in [2.45, 2.75) is 96.9 Å². The van der Waals surface area contributed by atoms with Gasteiger partial charge in [-0.2, -0.15) is 0 Å². The van der Waals surface area contributed by atoms with Gasteiger partial charge >= 0.3 is 0 Å². The molecule has 0 bridgehead atoms. The molecule has 0 spiro atoms. The van der Waals surface area contributed by atoms with Gasteiger partial charge in [-0.05, 0) is 12.3 Å². The lowest BCUT2D eigenvalue weighted by molar-refractivity contribution is 0.0535. The Kier molecular flexibility index (Phi) is 16.6. The summed E-state index contributed by atoms with van der Waals surface area (Å²) in [5.74, 6) is 0.819. The summed E-state index contributed by atoms with van der Waals surface area (Å²) in [5.41, 5.74) is 0. The van der Waals surface area contributed by atoms with E-state index in [1.165, 1.54) is 77.0 Å². The first-order valence-corrected chi connectivity index (χ1v) is 9.69. The molecule has 1 rings (SSSR count). The number of morpholine rings is 1. The zero-order valence-corrected chi connectivity index (χ0v) is 16.8. The van der Waals surface area contributed by atoms with E-state index in [0.717, 1.165) is 25.7 Å². The summed E-state index contributed by atoms with van der Waals surface area (Å²) in [6.07, 6.45) is 17.0. The van der Waals surface area contributed by atoms with E-state index < -0.39 is 0 Å². The Hall–Kier alpha value is 0.400. The van der Waals surface area contributed by atoms with Gasteiger partial charge in [-0.25, -0.2) is 0 Å². The summed E-state index contributed by atoms with van der Waals surface area (Å²) in [6.45, 7) is 7.48. The molecule has 2 nitrogen and oxygen atoms in total. The van der Waals surface area contributed by atoms with E-state index in [1.807, 2.05) is 0 Å². The predicted molar refractivity (Wildman–Crippen MR) is 103 cm³/mol. The number of ether oxygens (including phenoxy) is 1.